The summed E-state index contributed by atoms with van der Waals surface area (Å²) in [5.74, 6) is 0.946. The molecule has 0 radical (unpaired) electrons. The number of benzene rings is 1. The van der Waals surface area contributed by atoms with Crippen molar-refractivity contribution in [3.05, 3.63) is 51.7 Å². The predicted octanol–water partition coefficient (Wildman–Crippen LogP) is 3.27. The maximum absolute atomic E-state index is 12.9. The number of amides is 1. The molecule has 1 fully saturated rings. The lowest BCUT2D eigenvalue weighted by molar-refractivity contribution is 0.0636. The SMILES string of the molecule is COc1ccccc1C1CNCCN1C(=O)c1sccc1C.Cl. The van der Waals surface area contributed by atoms with Crippen LogP contribution in [0, 0.1) is 6.92 Å². The molecule has 1 aliphatic rings. The first kappa shape index (κ1) is 17.8. The minimum atomic E-state index is -0.00102. The Morgan fingerprint density at radius 2 is 2.13 bits per heavy atom. The summed E-state index contributed by atoms with van der Waals surface area (Å²) in [6, 6.07) is 9.93. The van der Waals surface area contributed by atoms with Crippen LogP contribution in [0.5, 0.6) is 5.75 Å². The first-order valence-electron chi connectivity index (χ1n) is 7.41. The van der Waals surface area contributed by atoms with Gasteiger partial charge in [-0.3, -0.25) is 4.79 Å². The molecule has 0 spiro atoms. The average molecular weight is 353 g/mol. The predicted molar refractivity (Wildman–Crippen MR) is 95.9 cm³/mol. The third-order valence-electron chi connectivity index (χ3n) is 4.06. The van der Waals surface area contributed by atoms with Gasteiger partial charge in [0.2, 0.25) is 0 Å². The number of carbonyl (C=O) groups is 1. The molecular formula is C17H21ClN2O2S. The number of nitrogens with zero attached hydrogens (tertiary/aromatic N) is 1. The number of para-hydroxylation sites is 1. The zero-order valence-electron chi connectivity index (χ0n) is 13.2. The van der Waals surface area contributed by atoms with E-state index in [1.807, 2.05) is 47.5 Å². The Balaban J connectivity index is 0.00000192. The minimum Gasteiger partial charge on any atom is -0.496 e. The number of thiophene rings is 1. The molecule has 1 aromatic carbocycles. The molecule has 1 unspecified atom stereocenters. The third-order valence-corrected chi connectivity index (χ3v) is 5.06. The number of piperazine rings is 1. The second kappa shape index (κ2) is 7.81. The van der Waals surface area contributed by atoms with Gasteiger partial charge in [-0.05, 0) is 30.0 Å². The van der Waals surface area contributed by atoms with Crippen molar-refractivity contribution in [2.45, 2.75) is 13.0 Å². The monoisotopic (exact) mass is 352 g/mol. The number of nitrogens with one attached hydrogen (secondary N) is 1. The molecule has 1 N–H and O–H groups in total. The van der Waals surface area contributed by atoms with Crippen molar-refractivity contribution < 1.29 is 9.53 Å². The lowest BCUT2D eigenvalue weighted by Crippen LogP contribution is -2.48. The number of rotatable bonds is 3. The van der Waals surface area contributed by atoms with Gasteiger partial charge in [-0.1, -0.05) is 18.2 Å². The molecule has 1 atom stereocenters. The van der Waals surface area contributed by atoms with Crippen LogP contribution in [-0.2, 0) is 0 Å². The van der Waals surface area contributed by atoms with E-state index in [0.29, 0.717) is 6.54 Å². The van der Waals surface area contributed by atoms with Gasteiger partial charge in [0.05, 0.1) is 18.0 Å². The molecule has 0 bridgehead atoms. The van der Waals surface area contributed by atoms with Crippen molar-refractivity contribution in [3.63, 3.8) is 0 Å². The van der Waals surface area contributed by atoms with E-state index in [1.54, 1.807) is 7.11 Å². The van der Waals surface area contributed by atoms with E-state index in [9.17, 15) is 4.79 Å². The Kier molecular flexibility index (Phi) is 6.04. The molecule has 4 nitrogen and oxygen atoms in total. The highest BCUT2D eigenvalue weighted by Crippen LogP contribution is 2.32. The van der Waals surface area contributed by atoms with E-state index in [0.717, 1.165) is 34.8 Å². The maximum Gasteiger partial charge on any atom is 0.264 e. The summed E-state index contributed by atoms with van der Waals surface area (Å²) in [4.78, 5) is 15.7. The molecule has 23 heavy (non-hydrogen) atoms. The number of methoxy groups -OCH3 is 1. The molecule has 0 aliphatic carbocycles. The average Bonchev–Trinajstić information content (AvgIpc) is 3.00. The van der Waals surface area contributed by atoms with Crippen LogP contribution in [0.4, 0.5) is 0 Å². The van der Waals surface area contributed by atoms with Crippen LogP contribution in [0.2, 0.25) is 0 Å². The largest absolute Gasteiger partial charge is 0.496 e. The highest BCUT2D eigenvalue weighted by atomic mass is 35.5. The molecule has 124 valence electrons. The number of aryl methyl sites for hydroxylation is 1. The lowest BCUT2D eigenvalue weighted by Gasteiger charge is -2.37. The van der Waals surface area contributed by atoms with E-state index in [-0.39, 0.29) is 24.4 Å². The maximum atomic E-state index is 12.9. The fraction of sp³-hybridized carbons (Fsp3) is 0.353. The Morgan fingerprint density at radius 3 is 2.83 bits per heavy atom. The highest BCUT2D eigenvalue weighted by Gasteiger charge is 2.31. The quantitative estimate of drug-likeness (QED) is 0.921. The van der Waals surface area contributed by atoms with Gasteiger partial charge in [0.15, 0.2) is 0 Å². The molecular weight excluding hydrogens is 332 g/mol. The standard InChI is InChI=1S/C17H20N2O2S.ClH/c1-12-7-10-22-16(12)17(20)19-9-8-18-11-14(19)13-5-3-4-6-15(13)21-2;/h3-7,10,14,18H,8-9,11H2,1-2H3;1H. The van der Waals surface area contributed by atoms with Gasteiger partial charge in [-0.25, -0.2) is 0 Å². The summed E-state index contributed by atoms with van der Waals surface area (Å²) >= 11 is 1.52. The molecule has 1 aliphatic heterocycles. The summed E-state index contributed by atoms with van der Waals surface area (Å²) in [5.41, 5.74) is 2.10. The summed E-state index contributed by atoms with van der Waals surface area (Å²) in [7, 11) is 1.67. The van der Waals surface area contributed by atoms with Crippen molar-refractivity contribution in [2.24, 2.45) is 0 Å². The second-order valence-corrected chi connectivity index (χ2v) is 6.31. The third kappa shape index (κ3) is 3.52. The fourth-order valence-electron chi connectivity index (χ4n) is 2.89. The van der Waals surface area contributed by atoms with Crippen molar-refractivity contribution in [2.75, 3.05) is 26.7 Å². The van der Waals surface area contributed by atoms with Gasteiger partial charge in [0.25, 0.3) is 5.91 Å². The molecule has 3 rings (SSSR count). The topological polar surface area (TPSA) is 41.6 Å². The summed E-state index contributed by atoms with van der Waals surface area (Å²) in [6.45, 7) is 4.27. The normalized spacial score (nSPS) is 17.5. The molecule has 2 aromatic rings. The summed E-state index contributed by atoms with van der Waals surface area (Å²) in [5, 5.41) is 5.36. The number of hydrogen-bond donors (Lipinski definition) is 1. The Bertz CT molecular complexity index is 674. The van der Waals surface area contributed by atoms with Crippen molar-refractivity contribution in [3.8, 4) is 5.75 Å². The molecule has 6 heteroatoms. The van der Waals surface area contributed by atoms with E-state index >= 15 is 0 Å². The number of hydrogen-bond acceptors (Lipinski definition) is 4. The van der Waals surface area contributed by atoms with Gasteiger partial charge < -0.3 is 15.0 Å². The molecule has 1 saturated heterocycles. The first-order chi connectivity index (χ1) is 10.7. The second-order valence-electron chi connectivity index (χ2n) is 5.39. The fourth-order valence-corrected chi connectivity index (χ4v) is 3.77. The van der Waals surface area contributed by atoms with Gasteiger partial charge in [0, 0.05) is 25.2 Å². The van der Waals surface area contributed by atoms with Crippen LogP contribution in [0.1, 0.15) is 26.8 Å². The van der Waals surface area contributed by atoms with Crippen LogP contribution in [0.3, 0.4) is 0 Å². The smallest absolute Gasteiger partial charge is 0.264 e. The highest BCUT2D eigenvalue weighted by molar-refractivity contribution is 7.12. The van der Waals surface area contributed by atoms with Gasteiger partial charge in [0.1, 0.15) is 5.75 Å². The van der Waals surface area contributed by atoms with Crippen LogP contribution in [-0.4, -0.2) is 37.6 Å². The van der Waals surface area contributed by atoms with Gasteiger partial charge >= 0.3 is 0 Å². The lowest BCUT2D eigenvalue weighted by atomic mass is 10.0. The zero-order valence-corrected chi connectivity index (χ0v) is 14.9. The number of ether oxygens (including phenoxy) is 1. The molecule has 1 amide bonds. The van der Waals surface area contributed by atoms with Crippen LogP contribution >= 0.6 is 23.7 Å². The van der Waals surface area contributed by atoms with E-state index in [2.05, 4.69) is 5.32 Å². The molecule has 1 aromatic heterocycles. The van der Waals surface area contributed by atoms with Gasteiger partial charge in [-0.2, -0.15) is 0 Å². The molecule has 0 saturated carbocycles. The zero-order chi connectivity index (χ0) is 15.5. The summed E-state index contributed by atoms with van der Waals surface area (Å²) in [6.07, 6.45) is 0. The first-order valence-corrected chi connectivity index (χ1v) is 8.29. The van der Waals surface area contributed by atoms with Crippen molar-refractivity contribution in [1.82, 2.24) is 10.2 Å². The number of halogens is 1. The Labute approximate surface area is 146 Å². The Morgan fingerprint density at radius 1 is 1.35 bits per heavy atom. The summed E-state index contributed by atoms with van der Waals surface area (Å²) < 4.78 is 5.48. The van der Waals surface area contributed by atoms with Crippen molar-refractivity contribution >= 4 is 29.7 Å². The van der Waals surface area contributed by atoms with Crippen molar-refractivity contribution in [1.29, 1.82) is 0 Å². The number of carbonyl (C=O) groups excluding carboxylic acids is 1. The van der Waals surface area contributed by atoms with Crippen LogP contribution in [0.25, 0.3) is 0 Å². The molecule has 2 heterocycles. The van der Waals surface area contributed by atoms with E-state index in [4.69, 9.17) is 4.74 Å². The van der Waals surface area contributed by atoms with Crippen LogP contribution in [0.15, 0.2) is 35.7 Å². The minimum absolute atomic E-state index is 0. The van der Waals surface area contributed by atoms with E-state index in [1.165, 1.54) is 11.3 Å². The van der Waals surface area contributed by atoms with Gasteiger partial charge in [-0.15, -0.1) is 23.7 Å². The van der Waals surface area contributed by atoms with Crippen LogP contribution < -0.4 is 10.1 Å². The van der Waals surface area contributed by atoms with E-state index < -0.39 is 0 Å². The Hall–Kier alpha value is -1.56.